The fourth-order valence-corrected chi connectivity index (χ4v) is 2.85. The summed E-state index contributed by atoms with van der Waals surface area (Å²) in [5, 5.41) is 3.32. The first kappa shape index (κ1) is 13.6. The Hall–Kier alpha value is -0.800. The van der Waals surface area contributed by atoms with Crippen LogP contribution in [0.15, 0.2) is 10.5 Å². The van der Waals surface area contributed by atoms with Gasteiger partial charge in [0.15, 0.2) is 0 Å². The van der Waals surface area contributed by atoms with Crippen molar-refractivity contribution in [3.8, 4) is 0 Å². The lowest BCUT2D eigenvalue weighted by atomic mass is 10.1. The lowest BCUT2D eigenvalue weighted by Crippen LogP contribution is -2.27. The minimum atomic E-state index is 0.757. The molecule has 0 spiro atoms. The second-order valence-electron chi connectivity index (χ2n) is 5.27. The molecule has 3 heteroatoms. The van der Waals surface area contributed by atoms with E-state index in [-0.39, 0.29) is 0 Å². The van der Waals surface area contributed by atoms with E-state index in [1.807, 2.05) is 0 Å². The zero-order valence-corrected chi connectivity index (χ0v) is 12.0. The molecule has 1 aromatic heterocycles. The van der Waals surface area contributed by atoms with Crippen molar-refractivity contribution in [3.63, 3.8) is 0 Å². The lowest BCUT2D eigenvalue weighted by molar-refractivity contribution is 0.219. The summed E-state index contributed by atoms with van der Waals surface area (Å²) in [6.07, 6.45) is 3.94. The molecule has 0 bridgehead atoms. The Labute approximate surface area is 111 Å². The third-order valence-electron chi connectivity index (χ3n) is 3.94. The van der Waals surface area contributed by atoms with Crippen LogP contribution in [-0.2, 0) is 13.1 Å². The third-order valence-corrected chi connectivity index (χ3v) is 3.94. The van der Waals surface area contributed by atoms with Crippen molar-refractivity contribution in [3.05, 3.63) is 23.2 Å². The molecule has 0 aliphatic carbocycles. The van der Waals surface area contributed by atoms with Crippen molar-refractivity contribution < 1.29 is 4.42 Å². The highest BCUT2D eigenvalue weighted by Gasteiger charge is 2.23. The molecule has 1 fully saturated rings. The van der Waals surface area contributed by atoms with Crippen LogP contribution in [0.2, 0.25) is 0 Å². The number of likely N-dealkylation sites (tertiary alicyclic amines) is 1. The van der Waals surface area contributed by atoms with Gasteiger partial charge in [0.05, 0.1) is 13.1 Å². The number of hydrogen-bond donors (Lipinski definition) is 1. The van der Waals surface area contributed by atoms with Crippen molar-refractivity contribution >= 4 is 0 Å². The second kappa shape index (κ2) is 6.39. The summed E-state index contributed by atoms with van der Waals surface area (Å²) < 4.78 is 5.97. The number of nitrogens with zero attached hydrogens (tertiary/aromatic N) is 1. The molecule has 1 aliphatic heterocycles. The largest absolute Gasteiger partial charge is 0.463 e. The van der Waals surface area contributed by atoms with E-state index in [4.69, 9.17) is 4.42 Å². The van der Waals surface area contributed by atoms with Crippen LogP contribution in [0.25, 0.3) is 0 Å². The zero-order valence-electron chi connectivity index (χ0n) is 12.0. The van der Waals surface area contributed by atoms with Crippen LogP contribution in [0.1, 0.15) is 50.2 Å². The van der Waals surface area contributed by atoms with Gasteiger partial charge in [0.2, 0.25) is 0 Å². The van der Waals surface area contributed by atoms with Crippen molar-refractivity contribution in [2.75, 3.05) is 13.1 Å². The van der Waals surface area contributed by atoms with Crippen molar-refractivity contribution in [2.45, 2.75) is 59.2 Å². The molecule has 2 rings (SSSR count). The number of hydrogen-bond acceptors (Lipinski definition) is 3. The molecule has 1 unspecified atom stereocenters. The summed E-state index contributed by atoms with van der Waals surface area (Å²) in [5.74, 6) is 2.22. The number of aryl methyl sites for hydroxylation is 1. The zero-order chi connectivity index (χ0) is 13.0. The Balaban J connectivity index is 1.96. The summed E-state index contributed by atoms with van der Waals surface area (Å²) in [6.45, 7) is 10.6. The Bertz CT molecular complexity index is 373. The molecule has 0 radical (unpaired) electrons. The Morgan fingerprint density at radius 3 is 3.00 bits per heavy atom. The number of furan rings is 1. The van der Waals surface area contributed by atoms with Gasteiger partial charge in [0.25, 0.3) is 0 Å². The first-order valence-corrected chi connectivity index (χ1v) is 7.27. The Morgan fingerprint density at radius 2 is 2.28 bits per heavy atom. The average molecular weight is 250 g/mol. The standard InChI is InChI=1S/C15H26N2O/c1-4-13-7-6-8-17(13)11-14-9-12(3)15(18-14)10-16-5-2/h9,13,16H,4-8,10-11H2,1-3H3. The SMILES string of the molecule is CCNCc1oc(CN2CCCC2CC)cc1C. The van der Waals surface area contributed by atoms with E-state index < -0.39 is 0 Å². The van der Waals surface area contributed by atoms with Crippen LogP contribution < -0.4 is 5.32 Å². The molecule has 0 aromatic carbocycles. The van der Waals surface area contributed by atoms with Crippen LogP contribution in [-0.4, -0.2) is 24.0 Å². The maximum absolute atomic E-state index is 5.97. The highest BCUT2D eigenvalue weighted by Crippen LogP contribution is 2.24. The van der Waals surface area contributed by atoms with Gasteiger partial charge in [-0.05, 0) is 50.9 Å². The predicted molar refractivity (Wildman–Crippen MR) is 74.5 cm³/mol. The minimum Gasteiger partial charge on any atom is -0.463 e. The van der Waals surface area contributed by atoms with Crippen molar-refractivity contribution in [1.82, 2.24) is 10.2 Å². The molecule has 2 heterocycles. The number of nitrogens with one attached hydrogen (secondary N) is 1. The molecule has 1 saturated heterocycles. The maximum atomic E-state index is 5.97. The molecular formula is C15H26N2O. The van der Waals surface area contributed by atoms with Crippen LogP contribution in [0.5, 0.6) is 0 Å². The van der Waals surface area contributed by atoms with Crippen LogP contribution >= 0.6 is 0 Å². The summed E-state index contributed by atoms with van der Waals surface area (Å²) in [5.41, 5.74) is 1.28. The molecular weight excluding hydrogens is 224 g/mol. The van der Waals surface area contributed by atoms with E-state index in [1.165, 1.54) is 31.4 Å². The quantitative estimate of drug-likeness (QED) is 0.841. The van der Waals surface area contributed by atoms with Gasteiger partial charge in [0.1, 0.15) is 11.5 Å². The molecule has 1 N–H and O–H groups in total. The van der Waals surface area contributed by atoms with E-state index in [1.54, 1.807) is 0 Å². The van der Waals surface area contributed by atoms with E-state index in [0.717, 1.165) is 37.2 Å². The highest BCUT2D eigenvalue weighted by atomic mass is 16.3. The minimum absolute atomic E-state index is 0.757. The van der Waals surface area contributed by atoms with Crippen LogP contribution in [0, 0.1) is 6.92 Å². The molecule has 1 aliphatic rings. The van der Waals surface area contributed by atoms with Gasteiger partial charge >= 0.3 is 0 Å². The van der Waals surface area contributed by atoms with Crippen molar-refractivity contribution in [2.24, 2.45) is 0 Å². The van der Waals surface area contributed by atoms with Gasteiger partial charge in [-0.3, -0.25) is 4.90 Å². The number of rotatable bonds is 6. The van der Waals surface area contributed by atoms with Crippen molar-refractivity contribution in [1.29, 1.82) is 0 Å². The van der Waals surface area contributed by atoms with Gasteiger partial charge in [0, 0.05) is 6.04 Å². The highest BCUT2D eigenvalue weighted by molar-refractivity contribution is 5.20. The molecule has 0 saturated carbocycles. The van der Waals surface area contributed by atoms with Gasteiger partial charge < -0.3 is 9.73 Å². The molecule has 1 aromatic rings. The fraction of sp³-hybridized carbons (Fsp3) is 0.733. The van der Waals surface area contributed by atoms with Crippen LogP contribution in [0.3, 0.4) is 0 Å². The van der Waals surface area contributed by atoms with Gasteiger partial charge in [-0.1, -0.05) is 13.8 Å². The summed E-state index contributed by atoms with van der Waals surface area (Å²) in [4.78, 5) is 2.56. The Morgan fingerprint density at radius 1 is 1.44 bits per heavy atom. The van der Waals surface area contributed by atoms with Gasteiger partial charge in [-0.15, -0.1) is 0 Å². The second-order valence-corrected chi connectivity index (χ2v) is 5.27. The maximum Gasteiger partial charge on any atom is 0.120 e. The van der Waals surface area contributed by atoms with Gasteiger partial charge in [-0.25, -0.2) is 0 Å². The normalized spacial score (nSPS) is 20.7. The summed E-state index contributed by atoms with van der Waals surface area (Å²) >= 11 is 0. The monoisotopic (exact) mass is 250 g/mol. The summed E-state index contributed by atoms with van der Waals surface area (Å²) in [6, 6.07) is 2.96. The fourth-order valence-electron chi connectivity index (χ4n) is 2.85. The van der Waals surface area contributed by atoms with E-state index in [0.29, 0.717) is 0 Å². The molecule has 0 amide bonds. The molecule has 1 atom stereocenters. The van der Waals surface area contributed by atoms with E-state index in [9.17, 15) is 0 Å². The summed E-state index contributed by atoms with van der Waals surface area (Å²) in [7, 11) is 0. The molecule has 102 valence electrons. The molecule has 3 nitrogen and oxygen atoms in total. The smallest absolute Gasteiger partial charge is 0.120 e. The topological polar surface area (TPSA) is 28.4 Å². The predicted octanol–water partition coefficient (Wildman–Crippen LogP) is 3.07. The first-order chi connectivity index (χ1) is 8.74. The lowest BCUT2D eigenvalue weighted by Gasteiger charge is -2.21. The first-order valence-electron chi connectivity index (χ1n) is 7.27. The molecule has 18 heavy (non-hydrogen) atoms. The Kier molecular flexibility index (Phi) is 4.84. The van der Waals surface area contributed by atoms with E-state index >= 15 is 0 Å². The van der Waals surface area contributed by atoms with Crippen LogP contribution in [0.4, 0.5) is 0 Å². The van der Waals surface area contributed by atoms with Gasteiger partial charge in [-0.2, -0.15) is 0 Å². The van der Waals surface area contributed by atoms with E-state index in [2.05, 4.69) is 37.1 Å². The average Bonchev–Trinajstić information content (AvgIpc) is 2.94. The third kappa shape index (κ3) is 3.15.